The fourth-order valence-corrected chi connectivity index (χ4v) is 2.02. The summed E-state index contributed by atoms with van der Waals surface area (Å²) < 4.78 is 10.6. The molecule has 21 heavy (non-hydrogen) atoms. The van der Waals surface area contributed by atoms with Gasteiger partial charge in [0.1, 0.15) is 5.76 Å². The number of halogens is 1. The predicted molar refractivity (Wildman–Crippen MR) is 93.9 cm³/mol. The quantitative estimate of drug-likeness (QED) is 0.328. The molecule has 1 aromatic heterocycles. The van der Waals surface area contributed by atoms with Crippen LogP contribution in [0.25, 0.3) is 0 Å². The monoisotopic (exact) mass is 403 g/mol. The highest BCUT2D eigenvalue weighted by molar-refractivity contribution is 14.0. The van der Waals surface area contributed by atoms with E-state index in [0.717, 1.165) is 50.9 Å². The van der Waals surface area contributed by atoms with Crippen LogP contribution >= 0.6 is 24.0 Å². The van der Waals surface area contributed by atoms with Crippen molar-refractivity contribution in [1.29, 1.82) is 0 Å². The van der Waals surface area contributed by atoms with E-state index >= 15 is 0 Å². The predicted octanol–water partition coefficient (Wildman–Crippen LogP) is 1.65. The molecule has 0 amide bonds. The molecule has 0 aromatic carbocycles. The molecule has 2 rings (SSSR count). The van der Waals surface area contributed by atoms with Gasteiger partial charge >= 0.3 is 0 Å². The molecule has 1 aliphatic rings. The Morgan fingerprint density at radius 1 is 1.48 bits per heavy atom. The molecule has 0 saturated carbocycles. The van der Waals surface area contributed by atoms with E-state index < -0.39 is 0 Å². The molecule has 1 aliphatic heterocycles. The van der Waals surface area contributed by atoms with E-state index in [1.54, 1.807) is 6.26 Å². The Balaban J connectivity index is 0.00000220. The number of hydrogen-bond acceptors (Lipinski definition) is 3. The Hall–Kier alpha value is -1.20. The Kier molecular flexibility index (Phi) is 8.94. The van der Waals surface area contributed by atoms with Gasteiger partial charge in [0.05, 0.1) is 19.4 Å². The first-order valence-corrected chi connectivity index (χ1v) is 6.94. The number of furan rings is 1. The van der Waals surface area contributed by atoms with Gasteiger partial charge in [-0.05, 0) is 18.6 Å². The van der Waals surface area contributed by atoms with E-state index in [-0.39, 0.29) is 24.0 Å². The van der Waals surface area contributed by atoms with Crippen LogP contribution < -0.4 is 10.6 Å². The largest absolute Gasteiger partial charge is 0.469 e. The maximum atomic E-state index is 5.35. The van der Waals surface area contributed by atoms with Gasteiger partial charge in [0.25, 0.3) is 0 Å². The number of terminal acetylenes is 1. The fourth-order valence-electron chi connectivity index (χ4n) is 2.02. The minimum absolute atomic E-state index is 0. The summed E-state index contributed by atoms with van der Waals surface area (Å²) in [6.45, 7) is 3.64. The number of rotatable bonds is 6. The van der Waals surface area contributed by atoms with Crippen LogP contribution in [0.1, 0.15) is 12.2 Å². The van der Waals surface area contributed by atoms with E-state index in [4.69, 9.17) is 15.6 Å². The van der Waals surface area contributed by atoms with Crippen LogP contribution in [0.4, 0.5) is 0 Å². The maximum Gasteiger partial charge on any atom is 0.192 e. The molecule has 116 valence electrons. The molecule has 1 unspecified atom stereocenters. The second-order valence-electron chi connectivity index (χ2n) is 4.73. The molecule has 6 heteroatoms. The molecule has 5 nitrogen and oxygen atoms in total. The van der Waals surface area contributed by atoms with Gasteiger partial charge in [-0.1, -0.05) is 5.92 Å². The molecule has 1 fully saturated rings. The molecular weight excluding hydrogens is 381 g/mol. The molecular formula is C15H22IN3O2. The van der Waals surface area contributed by atoms with E-state index in [1.165, 1.54) is 0 Å². The van der Waals surface area contributed by atoms with Crippen molar-refractivity contribution in [3.8, 4) is 12.3 Å². The lowest BCUT2D eigenvalue weighted by Crippen LogP contribution is -2.39. The van der Waals surface area contributed by atoms with Gasteiger partial charge in [0.15, 0.2) is 5.96 Å². The minimum Gasteiger partial charge on any atom is -0.469 e. The van der Waals surface area contributed by atoms with E-state index in [1.807, 2.05) is 12.1 Å². The van der Waals surface area contributed by atoms with Crippen molar-refractivity contribution >= 4 is 29.9 Å². The molecule has 1 atom stereocenters. The number of nitrogens with one attached hydrogen (secondary N) is 2. The van der Waals surface area contributed by atoms with Crippen molar-refractivity contribution in [3.05, 3.63) is 24.2 Å². The zero-order valence-electron chi connectivity index (χ0n) is 12.0. The lowest BCUT2D eigenvalue weighted by molar-refractivity contribution is 0.187. The summed E-state index contributed by atoms with van der Waals surface area (Å²) >= 11 is 0. The first kappa shape index (κ1) is 17.9. The van der Waals surface area contributed by atoms with Crippen LogP contribution in [0.15, 0.2) is 27.8 Å². The lowest BCUT2D eigenvalue weighted by atomic mass is 10.1. The lowest BCUT2D eigenvalue weighted by Gasteiger charge is -2.11. The average Bonchev–Trinajstić information content (AvgIpc) is 3.14. The summed E-state index contributed by atoms with van der Waals surface area (Å²) in [6.07, 6.45) is 8.85. The normalized spacial score (nSPS) is 17.9. The topological polar surface area (TPSA) is 58.8 Å². The van der Waals surface area contributed by atoms with E-state index in [0.29, 0.717) is 12.5 Å². The SMILES string of the molecule is C#CCNC(=NCC1CCOC1)NCCc1ccco1.I. The van der Waals surface area contributed by atoms with Gasteiger partial charge in [0.2, 0.25) is 0 Å². The zero-order valence-corrected chi connectivity index (χ0v) is 14.3. The summed E-state index contributed by atoms with van der Waals surface area (Å²) in [5.74, 6) is 4.78. The van der Waals surface area contributed by atoms with Crippen LogP contribution in [0.5, 0.6) is 0 Å². The molecule has 1 saturated heterocycles. The third-order valence-electron chi connectivity index (χ3n) is 3.13. The van der Waals surface area contributed by atoms with Crippen molar-refractivity contribution in [1.82, 2.24) is 10.6 Å². The summed E-state index contributed by atoms with van der Waals surface area (Å²) in [7, 11) is 0. The maximum absolute atomic E-state index is 5.35. The molecule has 0 bridgehead atoms. The van der Waals surface area contributed by atoms with Crippen molar-refractivity contribution in [2.24, 2.45) is 10.9 Å². The number of nitrogens with zero attached hydrogens (tertiary/aromatic N) is 1. The summed E-state index contributed by atoms with van der Waals surface area (Å²) in [5, 5.41) is 6.36. The molecule has 0 aliphatic carbocycles. The first-order valence-electron chi connectivity index (χ1n) is 6.94. The highest BCUT2D eigenvalue weighted by Gasteiger charge is 2.15. The average molecular weight is 403 g/mol. The number of guanidine groups is 1. The molecule has 2 heterocycles. The van der Waals surface area contributed by atoms with Gasteiger partial charge in [-0.2, -0.15) is 0 Å². The Morgan fingerprint density at radius 3 is 3.05 bits per heavy atom. The third kappa shape index (κ3) is 6.87. The van der Waals surface area contributed by atoms with Gasteiger partial charge in [0, 0.05) is 32.0 Å². The summed E-state index contributed by atoms with van der Waals surface area (Å²) in [6, 6.07) is 3.85. The van der Waals surface area contributed by atoms with Gasteiger partial charge < -0.3 is 19.8 Å². The smallest absolute Gasteiger partial charge is 0.192 e. The third-order valence-corrected chi connectivity index (χ3v) is 3.13. The highest BCUT2D eigenvalue weighted by atomic mass is 127. The summed E-state index contributed by atoms with van der Waals surface area (Å²) in [4.78, 5) is 4.55. The van der Waals surface area contributed by atoms with Crippen molar-refractivity contribution in [2.75, 3.05) is 32.8 Å². The Morgan fingerprint density at radius 2 is 2.38 bits per heavy atom. The van der Waals surface area contributed by atoms with Gasteiger partial charge in [-0.25, -0.2) is 0 Å². The van der Waals surface area contributed by atoms with Crippen molar-refractivity contribution in [2.45, 2.75) is 12.8 Å². The molecule has 1 aromatic rings. The molecule has 0 radical (unpaired) electrons. The molecule has 0 spiro atoms. The minimum atomic E-state index is 0. The first-order chi connectivity index (χ1) is 9.88. The van der Waals surface area contributed by atoms with Crippen LogP contribution in [0.2, 0.25) is 0 Å². The standard InChI is InChI=1S/C15H21N3O2.HI/c1-2-7-16-15(18-11-13-6-10-19-12-13)17-8-5-14-4-3-9-20-14;/h1,3-4,9,13H,5-8,10-12H2,(H2,16,17,18);1H. The zero-order chi connectivity index (χ0) is 14.0. The van der Waals surface area contributed by atoms with Crippen LogP contribution in [-0.2, 0) is 11.2 Å². The van der Waals surface area contributed by atoms with Crippen molar-refractivity contribution < 1.29 is 9.15 Å². The van der Waals surface area contributed by atoms with Crippen LogP contribution in [-0.4, -0.2) is 38.8 Å². The van der Waals surface area contributed by atoms with Crippen LogP contribution in [0, 0.1) is 18.3 Å². The number of hydrogen-bond donors (Lipinski definition) is 2. The van der Waals surface area contributed by atoms with Crippen molar-refractivity contribution in [3.63, 3.8) is 0 Å². The molecule has 2 N–H and O–H groups in total. The fraction of sp³-hybridized carbons (Fsp3) is 0.533. The second kappa shape index (κ2) is 10.5. The second-order valence-corrected chi connectivity index (χ2v) is 4.73. The summed E-state index contributed by atoms with van der Waals surface area (Å²) in [5.41, 5.74) is 0. The Bertz CT molecular complexity index is 448. The highest BCUT2D eigenvalue weighted by Crippen LogP contribution is 2.11. The van der Waals surface area contributed by atoms with E-state index in [2.05, 4.69) is 21.5 Å². The number of aliphatic imine (C=N–C) groups is 1. The van der Waals surface area contributed by atoms with Crippen LogP contribution in [0.3, 0.4) is 0 Å². The number of ether oxygens (including phenoxy) is 1. The van der Waals surface area contributed by atoms with E-state index in [9.17, 15) is 0 Å². The Labute approximate surface area is 142 Å². The van der Waals surface area contributed by atoms with Gasteiger partial charge in [-0.3, -0.25) is 4.99 Å². The van der Waals surface area contributed by atoms with Gasteiger partial charge in [-0.15, -0.1) is 30.4 Å².